The molecule has 1 saturated carbocycles. The van der Waals surface area contributed by atoms with Gasteiger partial charge in [0.1, 0.15) is 5.60 Å². The Morgan fingerprint density at radius 2 is 1.94 bits per heavy atom. The number of benzene rings is 1. The minimum atomic E-state index is -0.875. The fraction of sp³-hybridized carbons (Fsp3) is 0.467. The highest BCUT2D eigenvalue weighted by atomic mass is 16.3. The van der Waals surface area contributed by atoms with Gasteiger partial charge in [-0.3, -0.25) is 0 Å². The molecule has 1 aromatic carbocycles. The zero-order chi connectivity index (χ0) is 11.8. The van der Waals surface area contributed by atoms with Crippen LogP contribution in [-0.2, 0) is 5.41 Å². The van der Waals surface area contributed by atoms with Crippen LogP contribution in [0, 0.1) is 17.8 Å². The molecule has 0 bridgehead atoms. The van der Waals surface area contributed by atoms with Gasteiger partial charge < -0.3 is 5.11 Å². The second-order valence-corrected chi connectivity index (χ2v) is 5.37. The van der Waals surface area contributed by atoms with Crippen molar-refractivity contribution in [2.45, 2.75) is 38.2 Å². The first-order valence-corrected chi connectivity index (χ1v) is 5.72. The molecular formula is C15H18O. The molecule has 0 aliphatic heterocycles. The van der Waals surface area contributed by atoms with Crippen LogP contribution < -0.4 is 0 Å². The predicted octanol–water partition coefficient (Wildman–Crippen LogP) is 2.74. The molecule has 1 nitrogen and oxygen atoms in total. The summed E-state index contributed by atoms with van der Waals surface area (Å²) in [5.74, 6) is 6.49. The first-order valence-electron chi connectivity index (χ1n) is 5.72. The SMILES string of the molecule is CC(C)(O)C#C[C@H]1C[C@]1(C)c1ccccc1. The first-order chi connectivity index (χ1) is 7.42. The van der Waals surface area contributed by atoms with Gasteiger partial charge in [0.15, 0.2) is 0 Å². The second kappa shape index (κ2) is 3.64. The van der Waals surface area contributed by atoms with E-state index in [4.69, 9.17) is 0 Å². The minimum absolute atomic E-state index is 0.194. The van der Waals surface area contributed by atoms with Crippen molar-refractivity contribution in [3.8, 4) is 11.8 Å². The van der Waals surface area contributed by atoms with Gasteiger partial charge in [-0.2, -0.15) is 0 Å². The van der Waals surface area contributed by atoms with Crippen LogP contribution in [0.15, 0.2) is 30.3 Å². The Labute approximate surface area is 97.5 Å². The van der Waals surface area contributed by atoms with Crippen molar-refractivity contribution in [1.82, 2.24) is 0 Å². The summed E-state index contributed by atoms with van der Waals surface area (Å²) in [7, 11) is 0. The molecule has 0 amide bonds. The maximum absolute atomic E-state index is 9.56. The normalized spacial score (nSPS) is 28.1. The highest BCUT2D eigenvalue weighted by Gasteiger charge is 2.50. The molecule has 1 fully saturated rings. The van der Waals surface area contributed by atoms with Gasteiger partial charge in [-0.15, -0.1) is 0 Å². The van der Waals surface area contributed by atoms with Crippen molar-refractivity contribution in [1.29, 1.82) is 0 Å². The number of aliphatic hydroxyl groups is 1. The Balaban J connectivity index is 2.13. The van der Waals surface area contributed by atoms with Gasteiger partial charge in [0.2, 0.25) is 0 Å². The summed E-state index contributed by atoms with van der Waals surface area (Å²) in [6.45, 7) is 5.69. The van der Waals surface area contributed by atoms with Crippen molar-refractivity contribution in [3.63, 3.8) is 0 Å². The van der Waals surface area contributed by atoms with Crippen LogP contribution in [0.4, 0.5) is 0 Å². The van der Waals surface area contributed by atoms with Crippen LogP contribution in [0.3, 0.4) is 0 Å². The third kappa shape index (κ3) is 2.28. The van der Waals surface area contributed by atoms with E-state index in [9.17, 15) is 5.11 Å². The summed E-state index contributed by atoms with van der Waals surface area (Å²) in [5, 5.41) is 9.56. The average molecular weight is 214 g/mol. The highest BCUT2D eigenvalue weighted by molar-refractivity contribution is 5.38. The fourth-order valence-corrected chi connectivity index (χ4v) is 1.98. The maximum Gasteiger partial charge on any atom is 0.119 e. The third-order valence-electron chi connectivity index (χ3n) is 3.22. The molecule has 0 radical (unpaired) electrons. The second-order valence-electron chi connectivity index (χ2n) is 5.37. The van der Waals surface area contributed by atoms with E-state index in [2.05, 4.69) is 43.0 Å². The van der Waals surface area contributed by atoms with Crippen molar-refractivity contribution < 1.29 is 5.11 Å². The fourth-order valence-electron chi connectivity index (χ4n) is 1.98. The Morgan fingerprint density at radius 3 is 2.50 bits per heavy atom. The zero-order valence-corrected chi connectivity index (χ0v) is 10.1. The Bertz CT molecular complexity index is 430. The van der Waals surface area contributed by atoms with Gasteiger partial charge >= 0.3 is 0 Å². The van der Waals surface area contributed by atoms with Gasteiger partial charge in [0.25, 0.3) is 0 Å². The van der Waals surface area contributed by atoms with Gasteiger partial charge in [-0.05, 0) is 25.8 Å². The van der Waals surface area contributed by atoms with E-state index in [0.29, 0.717) is 5.92 Å². The lowest BCUT2D eigenvalue weighted by atomic mass is 9.95. The number of hydrogen-bond acceptors (Lipinski definition) is 1. The summed E-state index contributed by atoms with van der Waals surface area (Å²) >= 11 is 0. The average Bonchev–Trinajstić information content (AvgIpc) is 2.89. The summed E-state index contributed by atoms with van der Waals surface area (Å²) < 4.78 is 0. The number of rotatable bonds is 1. The lowest BCUT2D eigenvalue weighted by molar-refractivity contribution is 0.143. The van der Waals surface area contributed by atoms with Gasteiger partial charge in [0.05, 0.1) is 0 Å². The molecule has 0 aromatic heterocycles. The lowest BCUT2D eigenvalue weighted by Gasteiger charge is -2.09. The Kier molecular flexibility index (Phi) is 2.56. The van der Waals surface area contributed by atoms with E-state index in [1.54, 1.807) is 13.8 Å². The molecule has 1 N–H and O–H groups in total. The molecule has 1 heteroatoms. The molecule has 16 heavy (non-hydrogen) atoms. The van der Waals surface area contributed by atoms with Crippen LogP contribution in [0.2, 0.25) is 0 Å². The van der Waals surface area contributed by atoms with Crippen LogP contribution >= 0.6 is 0 Å². The summed E-state index contributed by atoms with van der Waals surface area (Å²) in [5.41, 5.74) is 0.671. The van der Waals surface area contributed by atoms with Gasteiger partial charge in [-0.1, -0.05) is 49.1 Å². The van der Waals surface area contributed by atoms with Gasteiger partial charge in [-0.25, -0.2) is 0 Å². The van der Waals surface area contributed by atoms with E-state index in [1.165, 1.54) is 5.56 Å². The first kappa shape index (κ1) is 11.2. The molecule has 0 unspecified atom stereocenters. The molecule has 1 aromatic rings. The van der Waals surface area contributed by atoms with E-state index in [0.717, 1.165) is 6.42 Å². The van der Waals surface area contributed by atoms with E-state index in [1.807, 2.05) is 6.07 Å². The summed E-state index contributed by atoms with van der Waals surface area (Å²) in [6, 6.07) is 10.5. The van der Waals surface area contributed by atoms with E-state index in [-0.39, 0.29) is 5.41 Å². The van der Waals surface area contributed by atoms with Crippen LogP contribution in [0.25, 0.3) is 0 Å². The van der Waals surface area contributed by atoms with Crippen LogP contribution in [0.5, 0.6) is 0 Å². The third-order valence-corrected chi connectivity index (χ3v) is 3.22. The lowest BCUT2D eigenvalue weighted by Crippen LogP contribution is -2.15. The quantitative estimate of drug-likeness (QED) is 0.713. The largest absolute Gasteiger partial charge is 0.378 e. The highest BCUT2D eigenvalue weighted by Crippen LogP contribution is 2.53. The molecule has 1 aliphatic carbocycles. The summed E-state index contributed by atoms with van der Waals surface area (Å²) in [6.07, 6.45) is 1.10. The summed E-state index contributed by atoms with van der Waals surface area (Å²) in [4.78, 5) is 0. The number of hydrogen-bond donors (Lipinski definition) is 1. The van der Waals surface area contributed by atoms with Crippen molar-refractivity contribution in [2.75, 3.05) is 0 Å². The topological polar surface area (TPSA) is 20.2 Å². The van der Waals surface area contributed by atoms with Crippen molar-refractivity contribution in [3.05, 3.63) is 35.9 Å². The molecule has 0 saturated heterocycles. The molecule has 84 valence electrons. The maximum atomic E-state index is 9.56. The molecule has 0 heterocycles. The predicted molar refractivity (Wildman–Crippen MR) is 66.0 cm³/mol. The van der Waals surface area contributed by atoms with Crippen molar-refractivity contribution >= 4 is 0 Å². The van der Waals surface area contributed by atoms with Gasteiger partial charge in [0, 0.05) is 11.3 Å². The molecule has 0 spiro atoms. The van der Waals surface area contributed by atoms with Crippen molar-refractivity contribution in [2.24, 2.45) is 5.92 Å². The Morgan fingerprint density at radius 1 is 1.31 bits per heavy atom. The monoisotopic (exact) mass is 214 g/mol. The molecule has 1 aliphatic rings. The van der Waals surface area contributed by atoms with E-state index >= 15 is 0 Å². The Hall–Kier alpha value is -1.26. The zero-order valence-electron chi connectivity index (χ0n) is 10.1. The molecule has 2 atom stereocenters. The molecule has 2 rings (SSSR count). The minimum Gasteiger partial charge on any atom is -0.378 e. The van der Waals surface area contributed by atoms with Crippen LogP contribution in [-0.4, -0.2) is 10.7 Å². The smallest absolute Gasteiger partial charge is 0.119 e. The standard InChI is InChI=1S/C15H18O/c1-14(2,16)10-9-13-11-15(13,3)12-7-5-4-6-8-12/h4-8,13,16H,11H2,1-3H3/t13-,15+/m0/s1. The molecular weight excluding hydrogens is 196 g/mol. The van der Waals surface area contributed by atoms with E-state index < -0.39 is 5.60 Å². The van der Waals surface area contributed by atoms with Crippen LogP contribution in [0.1, 0.15) is 32.8 Å².